The van der Waals surface area contributed by atoms with Crippen molar-refractivity contribution >= 4 is 8.32 Å². The Labute approximate surface area is 99.9 Å². The zero-order chi connectivity index (χ0) is 12.4. The van der Waals surface area contributed by atoms with Crippen LogP contribution in [0.1, 0.15) is 31.4 Å². The van der Waals surface area contributed by atoms with Crippen molar-refractivity contribution in [3.63, 3.8) is 0 Å². The summed E-state index contributed by atoms with van der Waals surface area (Å²) < 4.78 is 0. The lowest BCUT2D eigenvalue weighted by Gasteiger charge is -2.35. The monoisotopic (exact) mass is 237 g/mol. The molecule has 1 aromatic rings. The summed E-state index contributed by atoms with van der Waals surface area (Å²) in [5.41, 5.74) is 2.47. The highest BCUT2D eigenvalue weighted by Gasteiger charge is 2.37. The summed E-state index contributed by atoms with van der Waals surface area (Å²) in [6.07, 6.45) is 5.82. The van der Waals surface area contributed by atoms with Crippen LogP contribution in [0.3, 0.4) is 0 Å². The van der Waals surface area contributed by atoms with E-state index in [-0.39, 0.29) is 5.04 Å². The van der Waals surface area contributed by atoms with E-state index in [1.165, 1.54) is 11.1 Å². The fraction of sp³-hybridized carbons (Fsp3) is 0.615. The third-order valence-corrected chi connectivity index (χ3v) is 7.19. The van der Waals surface area contributed by atoms with Gasteiger partial charge in [0.25, 0.3) is 0 Å². The van der Waals surface area contributed by atoms with Crippen LogP contribution in [0, 0.1) is 6.92 Å². The zero-order valence-electron chi connectivity index (χ0n) is 11.0. The number of pyridine rings is 1. The second-order valence-electron chi connectivity index (χ2n) is 5.81. The molecule has 0 saturated carbocycles. The van der Waals surface area contributed by atoms with E-state index < -0.39 is 8.32 Å². The summed E-state index contributed by atoms with van der Waals surface area (Å²) in [6, 6.07) is 2.18. The lowest BCUT2D eigenvalue weighted by atomic mass is 10.0. The smallest absolute Gasteiger partial charge is 0.188 e. The molecule has 0 aromatic carbocycles. The highest BCUT2D eigenvalue weighted by Crippen LogP contribution is 2.39. The molecule has 16 heavy (non-hydrogen) atoms. The normalized spacial score (nSPS) is 12.9. The molecule has 0 radical (unpaired) electrons. The van der Waals surface area contributed by atoms with Crippen LogP contribution >= 0.6 is 0 Å². The van der Waals surface area contributed by atoms with Gasteiger partial charge in [-0.2, -0.15) is 0 Å². The highest BCUT2D eigenvalue weighted by molar-refractivity contribution is 6.72. The summed E-state index contributed by atoms with van der Waals surface area (Å²) in [5, 5.41) is 0.0523. The molecule has 0 fully saturated rings. The van der Waals surface area contributed by atoms with Gasteiger partial charge in [0, 0.05) is 12.4 Å². The summed E-state index contributed by atoms with van der Waals surface area (Å²) in [7, 11) is -2.07. The van der Waals surface area contributed by atoms with Gasteiger partial charge in [0.05, 0.1) is 0 Å². The van der Waals surface area contributed by atoms with Crippen molar-refractivity contribution in [3.8, 4) is 0 Å². The van der Waals surface area contributed by atoms with Crippen molar-refractivity contribution in [3.05, 3.63) is 29.6 Å². The Morgan fingerprint density at radius 1 is 1.31 bits per heavy atom. The van der Waals surface area contributed by atoms with Crippen LogP contribution in [0.25, 0.3) is 0 Å². The van der Waals surface area contributed by atoms with Crippen LogP contribution in [0.5, 0.6) is 0 Å². The van der Waals surface area contributed by atoms with Gasteiger partial charge in [0.15, 0.2) is 8.32 Å². The third kappa shape index (κ3) is 3.42. The van der Waals surface area contributed by atoms with Gasteiger partial charge >= 0.3 is 0 Å². The fourth-order valence-corrected chi connectivity index (χ4v) is 2.25. The predicted molar refractivity (Wildman–Crippen MR) is 71.0 cm³/mol. The Morgan fingerprint density at radius 3 is 2.44 bits per heavy atom. The largest absolute Gasteiger partial charge is 0.432 e. The summed E-state index contributed by atoms with van der Waals surface area (Å²) in [6.45, 7) is 10.4. The number of hydrogen-bond acceptors (Lipinski definition) is 2. The van der Waals surface area contributed by atoms with Crippen molar-refractivity contribution in [2.75, 3.05) is 0 Å². The van der Waals surface area contributed by atoms with Gasteiger partial charge in [-0.15, -0.1) is 0 Å². The van der Waals surface area contributed by atoms with Gasteiger partial charge in [-0.25, -0.2) is 0 Å². The topological polar surface area (TPSA) is 33.1 Å². The Morgan fingerprint density at radius 2 is 1.94 bits per heavy atom. The molecule has 3 heteroatoms. The molecule has 2 nitrogen and oxygen atoms in total. The highest BCUT2D eigenvalue weighted by atomic mass is 28.4. The first-order valence-electron chi connectivity index (χ1n) is 5.85. The minimum absolute atomic E-state index is 0.0523. The first kappa shape index (κ1) is 13.4. The summed E-state index contributed by atoms with van der Waals surface area (Å²) in [5.74, 6) is 0. The van der Waals surface area contributed by atoms with Crippen molar-refractivity contribution in [2.45, 2.75) is 51.7 Å². The van der Waals surface area contributed by atoms with Gasteiger partial charge in [-0.3, -0.25) is 4.98 Å². The molecular weight excluding hydrogens is 214 g/mol. The maximum Gasteiger partial charge on any atom is 0.188 e. The molecule has 90 valence electrons. The average Bonchev–Trinajstić information content (AvgIpc) is 2.13. The lowest BCUT2D eigenvalue weighted by molar-refractivity contribution is 0.451. The van der Waals surface area contributed by atoms with E-state index in [9.17, 15) is 4.80 Å². The fourth-order valence-electron chi connectivity index (χ4n) is 1.52. The Bertz CT molecular complexity index is 355. The van der Waals surface area contributed by atoms with E-state index in [4.69, 9.17) is 0 Å². The van der Waals surface area contributed by atoms with E-state index >= 15 is 0 Å². The molecule has 0 saturated heterocycles. The molecule has 1 N–H and O–H groups in total. The van der Waals surface area contributed by atoms with Gasteiger partial charge < -0.3 is 4.80 Å². The summed E-state index contributed by atoms with van der Waals surface area (Å²) >= 11 is 0. The van der Waals surface area contributed by atoms with Crippen LogP contribution in [-0.4, -0.2) is 18.1 Å². The van der Waals surface area contributed by atoms with E-state index in [0.717, 1.165) is 12.8 Å². The predicted octanol–water partition coefficient (Wildman–Crippen LogP) is 3.30. The number of nitrogens with zero attached hydrogens (tertiary/aromatic N) is 1. The van der Waals surface area contributed by atoms with Crippen LogP contribution in [0.4, 0.5) is 0 Å². The van der Waals surface area contributed by atoms with Gasteiger partial charge in [-0.1, -0.05) is 19.9 Å². The maximum absolute atomic E-state index is 10.2. The molecule has 0 aliphatic carbocycles. The molecule has 0 bridgehead atoms. The van der Waals surface area contributed by atoms with Gasteiger partial charge in [-0.05, 0) is 49.0 Å². The first-order valence-corrected chi connectivity index (χ1v) is 8.80. The minimum Gasteiger partial charge on any atom is -0.432 e. The van der Waals surface area contributed by atoms with Crippen LogP contribution in [-0.2, 0) is 6.42 Å². The van der Waals surface area contributed by atoms with Crippen molar-refractivity contribution in [2.24, 2.45) is 0 Å². The van der Waals surface area contributed by atoms with Crippen molar-refractivity contribution in [1.29, 1.82) is 0 Å². The van der Waals surface area contributed by atoms with Crippen molar-refractivity contribution in [1.82, 2.24) is 4.98 Å². The Balaban J connectivity index is 2.65. The molecule has 0 spiro atoms. The number of hydrogen-bond donors (Lipinski definition) is 1. The Hall–Kier alpha value is -0.673. The minimum atomic E-state index is -2.07. The lowest BCUT2D eigenvalue weighted by Crippen LogP contribution is -2.39. The third-order valence-electron chi connectivity index (χ3n) is 3.63. The van der Waals surface area contributed by atoms with E-state index in [1.807, 2.05) is 25.5 Å². The molecule has 1 rings (SSSR count). The molecule has 0 aliphatic heterocycles. The Kier molecular flexibility index (Phi) is 3.91. The maximum atomic E-state index is 10.2. The van der Waals surface area contributed by atoms with Crippen LogP contribution in [0.2, 0.25) is 18.1 Å². The molecule has 0 amide bonds. The SMILES string of the molecule is Cc1cncc(CCC(C)(C)[Si](C)(C)O)c1. The number of rotatable bonds is 4. The van der Waals surface area contributed by atoms with Crippen molar-refractivity contribution < 1.29 is 4.80 Å². The zero-order valence-corrected chi connectivity index (χ0v) is 12.0. The molecule has 0 unspecified atom stereocenters. The number of aryl methyl sites for hydroxylation is 2. The second kappa shape index (κ2) is 4.68. The molecule has 1 heterocycles. The van der Waals surface area contributed by atoms with E-state index in [1.54, 1.807) is 0 Å². The van der Waals surface area contributed by atoms with Gasteiger partial charge in [0.2, 0.25) is 0 Å². The second-order valence-corrected chi connectivity index (χ2v) is 10.3. The van der Waals surface area contributed by atoms with Crippen LogP contribution in [0.15, 0.2) is 18.5 Å². The molecule has 0 aliphatic rings. The van der Waals surface area contributed by atoms with Crippen LogP contribution < -0.4 is 0 Å². The van der Waals surface area contributed by atoms with E-state index in [0.29, 0.717) is 0 Å². The molecule has 0 atom stereocenters. The molecule has 1 aromatic heterocycles. The van der Waals surface area contributed by atoms with E-state index in [2.05, 4.69) is 31.8 Å². The summed E-state index contributed by atoms with van der Waals surface area (Å²) in [4.78, 5) is 14.4. The first-order chi connectivity index (χ1) is 7.22. The number of aromatic nitrogens is 1. The van der Waals surface area contributed by atoms with Gasteiger partial charge in [0.1, 0.15) is 0 Å². The standard InChI is InChI=1S/C13H23NOSi/c1-11-8-12(10-14-9-11)6-7-13(2,3)16(4,5)15/h8-10,15H,6-7H2,1-5H3. The molecular formula is C13H23NOSi. The average molecular weight is 237 g/mol. The quantitative estimate of drug-likeness (QED) is 0.815.